The molecule has 1 aliphatic carbocycles. The van der Waals surface area contributed by atoms with E-state index in [4.69, 9.17) is 15.0 Å². The van der Waals surface area contributed by atoms with Crippen LogP contribution in [-0.4, -0.2) is 16.2 Å². The highest BCUT2D eigenvalue weighted by atomic mass is 16.5. The summed E-state index contributed by atoms with van der Waals surface area (Å²) >= 11 is 0. The van der Waals surface area contributed by atoms with Crippen molar-refractivity contribution in [3.05, 3.63) is 41.8 Å². The van der Waals surface area contributed by atoms with E-state index in [-0.39, 0.29) is 6.04 Å². The van der Waals surface area contributed by atoms with Gasteiger partial charge in [-0.2, -0.15) is 4.98 Å². The fourth-order valence-corrected chi connectivity index (χ4v) is 2.05. The van der Waals surface area contributed by atoms with E-state index >= 15 is 0 Å². The first-order valence-corrected chi connectivity index (χ1v) is 7.14. The molecular formula is C16H19N3O2. The van der Waals surface area contributed by atoms with Gasteiger partial charge in [-0.25, -0.2) is 0 Å². The monoisotopic (exact) mass is 285 g/mol. The summed E-state index contributed by atoms with van der Waals surface area (Å²) in [6.45, 7) is 6.24. The second kappa shape index (κ2) is 5.79. The largest absolute Gasteiger partial charge is 0.374 e. The molecule has 5 heteroatoms. The molecule has 1 saturated carbocycles. The third kappa shape index (κ3) is 3.20. The Balaban J connectivity index is 1.86. The SMILES string of the molecule is C=Cc1ccc(-c2noc([C@H](C)N)n2)cc1COC1CC1. The third-order valence-corrected chi connectivity index (χ3v) is 3.45. The zero-order chi connectivity index (χ0) is 14.8. The van der Waals surface area contributed by atoms with Crippen LogP contribution in [0.5, 0.6) is 0 Å². The molecular weight excluding hydrogens is 266 g/mol. The van der Waals surface area contributed by atoms with Crippen molar-refractivity contribution in [2.24, 2.45) is 5.73 Å². The summed E-state index contributed by atoms with van der Waals surface area (Å²) in [4.78, 5) is 4.31. The number of aromatic nitrogens is 2. The van der Waals surface area contributed by atoms with Gasteiger partial charge in [0.05, 0.1) is 18.8 Å². The molecule has 0 radical (unpaired) electrons. The molecule has 3 rings (SSSR count). The van der Waals surface area contributed by atoms with Gasteiger partial charge in [0.15, 0.2) is 0 Å². The molecule has 2 aromatic rings. The van der Waals surface area contributed by atoms with Gasteiger partial charge in [0.2, 0.25) is 11.7 Å². The molecule has 1 atom stereocenters. The highest BCUT2D eigenvalue weighted by Gasteiger charge is 2.22. The summed E-state index contributed by atoms with van der Waals surface area (Å²) in [5, 5.41) is 3.98. The third-order valence-electron chi connectivity index (χ3n) is 3.45. The number of hydrogen-bond donors (Lipinski definition) is 1. The fraction of sp³-hybridized carbons (Fsp3) is 0.375. The fourth-order valence-electron chi connectivity index (χ4n) is 2.05. The van der Waals surface area contributed by atoms with Crippen LogP contribution in [0.15, 0.2) is 29.3 Å². The Labute approximate surface area is 123 Å². The molecule has 1 fully saturated rings. The van der Waals surface area contributed by atoms with E-state index < -0.39 is 0 Å². The zero-order valence-corrected chi connectivity index (χ0v) is 12.1. The molecule has 1 aromatic carbocycles. The molecule has 21 heavy (non-hydrogen) atoms. The van der Waals surface area contributed by atoms with Crippen molar-refractivity contribution in [3.63, 3.8) is 0 Å². The van der Waals surface area contributed by atoms with Crippen LogP contribution in [-0.2, 0) is 11.3 Å². The van der Waals surface area contributed by atoms with Crippen molar-refractivity contribution in [2.75, 3.05) is 0 Å². The number of benzene rings is 1. The highest BCUT2D eigenvalue weighted by molar-refractivity contribution is 5.62. The lowest BCUT2D eigenvalue weighted by molar-refractivity contribution is 0.106. The van der Waals surface area contributed by atoms with Gasteiger partial charge in [0.1, 0.15) is 0 Å². The first kappa shape index (κ1) is 14.0. The quantitative estimate of drug-likeness (QED) is 0.882. The van der Waals surface area contributed by atoms with Gasteiger partial charge < -0.3 is 15.0 Å². The Morgan fingerprint density at radius 1 is 1.52 bits per heavy atom. The molecule has 2 N–H and O–H groups in total. The van der Waals surface area contributed by atoms with Gasteiger partial charge >= 0.3 is 0 Å². The van der Waals surface area contributed by atoms with Crippen molar-refractivity contribution in [1.82, 2.24) is 10.1 Å². The first-order valence-electron chi connectivity index (χ1n) is 7.14. The highest BCUT2D eigenvalue weighted by Crippen LogP contribution is 2.27. The molecule has 0 unspecified atom stereocenters. The number of nitrogens with two attached hydrogens (primary N) is 1. The second-order valence-electron chi connectivity index (χ2n) is 5.37. The molecule has 0 amide bonds. The summed E-state index contributed by atoms with van der Waals surface area (Å²) in [7, 11) is 0. The van der Waals surface area contributed by atoms with Crippen LogP contribution in [0.2, 0.25) is 0 Å². The van der Waals surface area contributed by atoms with Crippen LogP contribution in [0.1, 0.15) is 42.8 Å². The van der Waals surface area contributed by atoms with E-state index in [9.17, 15) is 0 Å². The van der Waals surface area contributed by atoms with E-state index in [1.165, 1.54) is 0 Å². The Kier molecular flexibility index (Phi) is 3.86. The van der Waals surface area contributed by atoms with Crippen LogP contribution in [0.3, 0.4) is 0 Å². The Morgan fingerprint density at radius 2 is 2.33 bits per heavy atom. The van der Waals surface area contributed by atoms with Gasteiger partial charge in [0.25, 0.3) is 0 Å². The summed E-state index contributed by atoms with van der Waals surface area (Å²) in [5.74, 6) is 0.985. The molecule has 0 saturated heterocycles. The summed E-state index contributed by atoms with van der Waals surface area (Å²) in [5.41, 5.74) is 8.78. The van der Waals surface area contributed by atoms with E-state index in [0.717, 1.165) is 29.5 Å². The van der Waals surface area contributed by atoms with Gasteiger partial charge in [-0.1, -0.05) is 29.9 Å². The predicted molar refractivity (Wildman–Crippen MR) is 80.2 cm³/mol. The molecule has 1 aromatic heterocycles. The number of ether oxygens (including phenoxy) is 1. The lowest BCUT2D eigenvalue weighted by Crippen LogP contribution is -2.04. The minimum Gasteiger partial charge on any atom is -0.374 e. The number of rotatable bonds is 6. The van der Waals surface area contributed by atoms with Crippen LogP contribution in [0.4, 0.5) is 0 Å². The lowest BCUT2D eigenvalue weighted by atomic mass is 10.0. The Hall–Kier alpha value is -1.98. The van der Waals surface area contributed by atoms with Gasteiger partial charge in [-0.3, -0.25) is 0 Å². The van der Waals surface area contributed by atoms with Crippen LogP contribution in [0, 0.1) is 0 Å². The summed E-state index contributed by atoms with van der Waals surface area (Å²) in [6, 6.07) is 5.70. The minimum atomic E-state index is -0.267. The summed E-state index contributed by atoms with van der Waals surface area (Å²) < 4.78 is 10.9. The predicted octanol–water partition coefficient (Wildman–Crippen LogP) is 3.08. The minimum absolute atomic E-state index is 0.267. The second-order valence-corrected chi connectivity index (χ2v) is 5.37. The van der Waals surface area contributed by atoms with Crippen molar-refractivity contribution < 1.29 is 9.26 Å². The molecule has 5 nitrogen and oxygen atoms in total. The molecule has 0 spiro atoms. The number of nitrogens with zero attached hydrogens (tertiary/aromatic N) is 2. The van der Waals surface area contributed by atoms with Crippen molar-refractivity contribution in [1.29, 1.82) is 0 Å². The smallest absolute Gasteiger partial charge is 0.243 e. The maximum absolute atomic E-state index is 5.78. The van der Waals surface area contributed by atoms with Crippen molar-refractivity contribution in [3.8, 4) is 11.4 Å². The summed E-state index contributed by atoms with van der Waals surface area (Å²) in [6.07, 6.45) is 4.57. The number of hydrogen-bond acceptors (Lipinski definition) is 5. The normalized spacial score (nSPS) is 15.9. The molecule has 1 aliphatic rings. The lowest BCUT2D eigenvalue weighted by Gasteiger charge is -2.08. The van der Waals surface area contributed by atoms with Gasteiger partial charge in [0, 0.05) is 5.56 Å². The maximum Gasteiger partial charge on any atom is 0.243 e. The standard InChI is InChI=1S/C16H19N3O2/c1-3-11-4-5-12(8-13(11)9-20-14-6-7-14)15-18-16(10(2)17)21-19-15/h3-5,8,10,14H,1,6-7,9,17H2,2H3/t10-/m0/s1. The Morgan fingerprint density at radius 3 is 2.95 bits per heavy atom. The van der Waals surface area contributed by atoms with E-state index in [1.807, 2.05) is 31.2 Å². The van der Waals surface area contributed by atoms with E-state index in [1.54, 1.807) is 0 Å². The van der Waals surface area contributed by atoms with Crippen LogP contribution >= 0.6 is 0 Å². The topological polar surface area (TPSA) is 74.2 Å². The first-order chi connectivity index (χ1) is 10.2. The van der Waals surface area contributed by atoms with E-state index in [2.05, 4.69) is 16.7 Å². The maximum atomic E-state index is 5.78. The molecule has 110 valence electrons. The van der Waals surface area contributed by atoms with Gasteiger partial charge in [-0.15, -0.1) is 0 Å². The van der Waals surface area contributed by atoms with Gasteiger partial charge in [-0.05, 0) is 37.0 Å². The van der Waals surface area contributed by atoms with Crippen LogP contribution in [0.25, 0.3) is 17.5 Å². The average Bonchev–Trinajstić information content (AvgIpc) is 3.18. The van der Waals surface area contributed by atoms with E-state index in [0.29, 0.717) is 24.4 Å². The molecule has 0 aliphatic heterocycles. The average molecular weight is 285 g/mol. The zero-order valence-electron chi connectivity index (χ0n) is 12.1. The van der Waals surface area contributed by atoms with Crippen LogP contribution < -0.4 is 5.73 Å². The molecule has 0 bridgehead atoms. The molecule has 1 heterocycles. The Bertz CT molecular complexity index is 645. The van der Waals surface area contributed by atoms with Crippen molar-refractivity contribution >= 4 is 6.08 Å². The van der Waals surface area contributed by atoms with Crippen molar-refractivity contribution in [2.45, 2.75) is 38.5 Å².